The van der Waals surface area contributed by atoms with E-state index >= 15 is 0 Å². The van der Waals surface area contributed by atoms with Gasteiger partial charge in [0.25, 0.3) is 0 Å². The lowest BCUT2D eigenvalue weighted by molar-refractivity contribution is -0.144. The summed E-state index contributed by atoms with van der Waals surface area (Å²) >= 11 is 0. The minimum Gasteiger partial charge on any atom is -0.466 e. The molecule has 0 heterocycles. The molecule has 2 atom stereocenters. The molecule has 0 radical (unpaired) electrons. The Kier molecular flexibility index (Phi) is 3.08. The van der Waals surface area contributed by atoms with E-state index < -0.39 is 0 Å². The Balaban J connectivity index is 2.23. The molecule has 0 amide bonds. The molecule has 12 heavy (non-hydrogen) atoms. The molecule has 1 rings (SSSR count). The van der Waals surface area contributed by atoms with Crippen LogP contribution in [0.15, 0.2) is 5.16 Å². The molecule has 0 saturated heterocycles. The third-order valence-corrected chi connectivity index (χ3v) is 1.79. The summed E-state index contributed by atoms with van der Waals surface area (Å²) in [4.78, 5) is 15.6. The summed E-state index contributed by atoms with van der Waals surface area (Å²) in [5, 5.41) is 3.59. The molecule has 0 aromatic heterocycles. The molecule has 4 nitrogen and oxygen atoms in total. The first kappa shape index (κ1) is 9.03. The van der Waals surface area contributed by atoms with Crippen LogP contribution in [0.25, 0.3) is 0 Å². The fourth-order valence-corrected chi connectivity index (χ4v) is 1.04. The molecule has 68 valence electrons. The molecule has 1 aliphatic carbocycles. The van der Waals surface area contributed by atoms with E-state index in [1.165, 1.54) is 7.11 Å². The van der Waals surface area contributed by atoms with Gasteiger partial charge in [0, 0.05) is 12.1 Å². The van der Waals surface area contributed by atoms with Crippen molar-refractivity contribution in [1.82, 2.24) is 0 Å². The molecule has 4 heteroatoms. The third kappa shape index (κ3) is 2.22. The molecule has 0 bridgehead atoms. The standard InChI is InChI=1S/C8H13NO3/c1-3-12-8(10)7-4-6(7)5-9-11-2/h5-7H,3-4H2,1-2H3/b9-5+. The molecule has 1 aliphatic rings. The summed E-state index contributed by atoms with van der Waals surface area (Å²) in [7, 11) is 1.48. The average Bonchev–Trinajstić information content (AvgIpc) is 2.80. The Labute approximate surface area is 71.5 Å². The Morgan fingerprint density at radius 1 is 1.75 bits per heavy atom. The van der Waals surface area contributed by atoms with Crippen molar-refractivity contribution in [2.45, 2.75) is 13.3 Å². The van der Waals surface area contributed by atoms with Crippen LogP contribution in [0.3, 0.4) is 0 Å². The largest absolute Gasteiger partial charge is 0.466 e. The Morgan fingerprint density at radius 3 is 3.08 bits per heavy atom. The van der Waals surface area contributed by atoms with E-state index in [1.807, 2.05) is 0 Å². The summed E-state index contributed by atoms with van der Waals surface area (Å²) in [6.45, 7) is 2.25. The molecule has 2 unspecified atom stereocenters. The van der Waals surface area contributed by atoms with Crippen LogP contribution in [0.2, 0.25) is 0 Å². The highest BCUT2D eigenvalue weighted by molar-refractivity contribution is 5.82. The van der Waals surface area contributed by atoms with Gasteiger partial charge in [0.15, 0.2) is 0 Å². The maximum absolute atomic E-state index is 11.1. The van der Waals surface area contributed by atoms with Crippen molar-refractivity contribution in [3.05, 3.63) is 0 Å². The number of nitrogens with zero attached hydrogens (tertiary/aromatic N) is 1. The number of rotatable bonds is 4. The molecule has 0 aliphatic heterocycles. The van der Waals surface area contributed by atoms with Crippen molar-refractivity contribution in [3.63, 3.8) is 0 Å². The van der Waals surface area contributed by atoms with Gasteiger partial charge in [0.05, 0.1) is 12.5 Å². The first-order valence-electron chi connectivity index (χ1n) is 4.02. The average molecular weight is 171 g/mol. The Bertz CT molecular complexity index is 191. The van der Waals surface area contributed by atoms with Crippen LogP contribution in [0.4, 0.5) is 0 Å². The van der Waals surface area contributed by atoms with E-state index in [1.54, 1.807) is 13.1 Å². The number of ether oxygens (including phenoxy) is 1. The fraction of sp³-hybridized carbons (Fsp3) is 0.750. The van der Waals surface area contributed by atoms with Gasteiger partial charge in [0.2, 0.25) is 0 Å². The zero-order chi connectivity index (χ0) is 8.97. The van der Waals surface area contributed by atoms with Crippen LogP contribution < -0.4 is 0 Å². The van der Waals surface area contributed by atoms with Crippen LogP contribution in [-0.2, 0) is 14.4 Å². The second-order valence-corrected chi connectivity index (χ2v) is 2.70. The maximum Gasteiger partial charge on any atom is 0.309 e. The lowest BCUT2D eigenvalue weighted by atomic mass is 10.3. The molecular formula is C8H13NO3. The zero-order valence-electron chi connectivity index (χ0n) is 7.32. The van der Waals surface area contributed by atoms with E-state index in [0.29, 0.717) is 6.61 Å². The number of carbonyl (C=O) groups excluding carboxylic acids is 1. The van der Waals surface area contributed by atoms with Gasteiger partial charge in [-0.15, -0.1) is 0 Å². The second kappa shape index (κ2) is 4.09. The summed E-state index contributed by atoms with van der Waals surface area (Å²) in [5.74, 6) is 0.123. The van der Waals surface area contributed by atoms with Crippen LogP contribution in [0.5, 0.6) is 0 Å². The SMILES string of the molecule is CCOC(=O)C1CC1/C=N/OC. The third-order valence-electron chi connectivity index (χ3n) is 1.79. The highest BCUT2D eigenvalue weighted by Gasteiger charge is 2.43. The Hall–Kier alpha value is -1.06. The van der Waals surface area contributed by atoms with Crippen molar-refractivity contribution < 1.29 is 14.4 Å². The van der Waals surface area contributed by atoms with Crippen LogP contribution in [0.1, 0.15) is 13.3 Å². The summed E-state index contributed by atoms with van der Waals surface area (Å²) in [6, 6.07) is 0. The van der Waals surface area contributed by atoms with E-state index in [9.17, 15) is 4.79 Å². The first-order chi connectivity index (χ1) is 5.79. The fourth-order valence-electron chi connectivity index (χ4n) is 1.04. The van der Waals surface area contributed by atoms with Gasteiger partial charge in [-0.3, -0.25) is 4.79 Å². The smallest absolute Gasteiger partial charge is 0.309 e. The number of hydrogen-bond acceptors (Lipinski definition) is 4. The van der Waals surface area contributed by atoms with Crippen molar-refractivity contribution in [3.8, 4) is 0 Å². The molecule has 0 spiro atoms. The minimum absolute atomic E-state index is 0.0175. The number of esters is 1. The van der Waals surface area contributed by atoms with Gasteiger partial charge in [-0.25, -0.2) is 0 Å². The van der Waals surface area contributed by atoms with Crippen molar-refractivity contribution in [1.29, 1.82) is 0 Å². The topological polar surface area (TPSA) is 47.9 Å². The molecule has 0 aromatic carbocycles. The molecular weight excluding hydrogens is 158 g/mol. The monoisotopic (exact) mass is 171 g/mol. The predicted octanol–water partition coefficient (Wildman–Crippen LogP) is 0.818. The normalized spacial score (nSPS) is 27.2. The minimum atomic E-state index is -0.120. The highest BCUT2D eigenvalue weighted by Crippen LogP contribution is 2.37. The number of hydrogen-bond donors (Lipinski definition) is 0. The first-order valence-corrected chi connectivity index (χ1v) is 4.02. The lowest BCUT2D eigenvalue weighted by Gasteiger charge is -1.97. The van der Waals surface area contributed by atoms with E-state index in [-0.39, 0.29) is 17.8 Å². The van der Waals surface area contributed by atoms with Gasteiger partial charge in [-0.2, -0.15) is 0 Å². The molecule has 0 N–H and O–H groups in total. The van der Waals surface area contributed by atoms with Crippen molar-refractivity contribution >= 4 is 12.2 Å². The molecule has 1 saturated carbocycles. The zero-order valence-corrected chi connectivity index (χ0v) is 7.32. The number of carbonyl (C=O) groups is 1. The van der Waals surface area contributed by atoms with Crippen LogP contribution >= 0.6 is 0 Å². The highest BCUT2D eigenvalue weighted by atomic mass is 16.6. The molecule has 1 fully saturated rings. The summed E-state index contributed by atoms with van der Waals surface area (Å²) < 4.78 is 4.83. The van der Waals surface area contributed by atoms with Gasteiger partial charge < -0.3 is 9.57 Å². The van der Waals surface area contributed by atoms with Gasteiger partial charge in [-0.1, -0.05) is 5.16 Å². The second-order valence-electron chi connectivity index (χ2n) is 2.70. The van der Waals surface area contributed by atoms with Crippen molar-refractivity contribution in [2.24, 2.45) is 17.0 Å². The van der Waals surface area contributed by atoms with E-state index in [4.69, 9.17) is 4.74 Å². The predicted molar refractivity (Wildman–Crippen MR) is 43.7 cm³/mol. The van der Waals surface area contributed by atoms with E-state index in [0.717, 1.165) is 6.42 Å². The lowest BCUT2D eigenvalue weighted by Crippen LogP contribution is -2.07. The Morgan fingerprint density at radius 2 is 2.50 bits per heavy atom. The molecule has 0 aromatic rings. The maximum atomic E-state index is 11.1. The number of oxime groups is 1. The van der Waals surface area contributed by atoms with Gasteiger partial charge in [-0.05, 0) is 13.3 Å². The summed E-state index contributed by atoms with van der Waals surface area (Å²) in [5.41, 5.74) is 0. The van der Waals surface area contributed by atoms with E-state index in [2.05, 4.69) is 9.99 Å². The summed E-state index contributed by atoms with van der Waals surface area (Å²) in [6.07, 6.45) is 2.49. The van der Waals surface area contributed by atoms with Gasteiger partial charge in [0.1, 0.15) is 7.11 Å². The van der Waals surface area contributed by atoms with Crippen LogP contribution in [0, 0.1) is 11.8 Å². The van der Waals surface area contributed by atoms with Crippen molar-refractivity contribution in [2.75, 3.05) is 13.7 Å². The quantitative estimate of drug-likeness (QED) is 0.357. The van der Waals surface area contributed by atoms with Crippen LogP contribution in [-0.4, -0.2) is 25.9 Å². The van der Waals surface area contributed by atoms with Gasteiger partial charge >= 0.3 is 5.97 Å².